The summed E-state index contributed by atoms with van der Waals surface area (Å²) < 4.78 is 13.3. The minimum absolute atomic E-state index is 0.0207. The van der Waals surface area contributed by atoms with Gasteiger partial charge in [0.05, 0.1) is 11.8 Å². The zero-order valence-corrected chi connectivity index (χ0v) is 13.7. The number of likely N-dealkylation sites (tertiary alicyclic amines) is 1. The van der Waals surface area contributed by atoms with Crippen LogP contribution >= 0.6 is 0 Å². The molecule has 3 amide bonds. The molecule has 1 saturated heterocycles. The molecule has 1 aliphatic carbocycles. The van der Waals surface area contributed by atoms with Gasteiger partial charge < -0.3 is 5.32 Å². The van der Waals surface area contributed by atoms with Gasteiger partial charge >= 0.3 is 0 Å². The quantitative estimate of drug-likeness (QED) is 0.862. The summed E-state index contributed by atoms with van der Waals surface area (Å²) in [4.78, 5) is 38.0. The summed E-state index contributed by atoms with van der Waals surface area (Å²) in [5, 5.41) is 2.64. The molecule has 1 aliphatic heterocycles. The molecule has 128 valence electrons. The predicted octanol–water partition coefficient (Wildman–Crippen LogP) is 2.64. The maximum absolute atomic E-state index is 13.3. The van der Waals surface area contributed by atoms with Gasteiger partial charge in [0.25, 0.3) is 0 Å². The Kier molecular flexibility index (Phi) is 4.64. The molecule has 1 N–H and O–H groups in total. The van der Waals surface area contributed by atoms with E-state index in [4.69, 9.17) is 0 Å². The minimum atomic E-state index is -0.426. The van der Waals surface area contributed by atoms with Crippen LogP contribution in [0.3, 0.4) is 0 Å². The molecule has 3 rings (SSSR count). The van der Waals surface area contributed by atoms with Gasteiger partial charge in [0.2, 0.25) is 17.7 Å². The summed E-state index contributed by atoms with van der Waals surface area (Å²) in [6.07, 6.45) is 3.51. The second-order valence-electron chi connectivity index (χ2n) is 6.58. The van der Waals surface area contributed by atoms with Gasteiger partial charge in [0.1, 0.15) is 5.82 Å². The summed E-state index contributed by atoms with van der Waals surface area (Å²) in [5.41, 5.74) is 1.16. The Hall–Kier alpha value is -2.24. The summed E-state index contributed by atoms with van der Waals surface area (Å²) in [6.45, 7) is 1.86. The average Bonchev–Trinajstić information content (AvgIpc) is 2.81. The zero-order chi connectivity index (χ0) is 17.3. The Balaban J connectivity index is 1.59. The van der Waals surface area contributed by atoms with E-state index in [0.29, 0.717) is 5.69 Å². The van der Waals surface area contributed by atoms with Crippen molar-refractivity contribution >= 4 is 23.4 Å². The Morgan fingerprint density at radius 3 is 2.46 bits per heavy atom. The lowest BCUT2D eigenvalue weighted by molar-refractivity contribution is -0.140. The fourth-order valence-electron chi connectivity index (χ4n) is 3.61. The number of hydrogen-bond acceptors (Lipinski definition) is 3. The molecule has 1 heterocycles. The van der Waals surface area contributed by atoms with Crippen LogP contribution in [0.1, 0.15) is 37.7 Å². The second-order valence-corrected chi connectivity index (χ2v) is 6.58. The lowest BCUT2D eigenvalue weighted by Crippen LogP contribution is -2.34. The number of aryl methyl sites for hydroxylation is 1. The van der Waals surface area contributed by atoms with Crippen molar-refractivity contribution in [1.29, 1.82) is 0 Å². The highest BCUT2D eigenvalue weighted by molar-refractivity contribution is 6.05. The summed E-state index contributed by atoms with van der Waals surface area (Å²) in [5.74, 6) is -1.43. The molecule has 1 aromatic carbocycles. The van der Waals surface area contributed by atoms with Crippen LogP contribution < -0.4 is 5.32 Å². The maximum atomic E-state index is 13.3. The molecule has 0 aromatic heterocycles. The largest absolute Gasteiger partial charge is 0.326 e. The fraction of sp³-hybridized carbons (Fsp3) is 0.500. The Bertz CT molecular complexity index is 665. The van der Waals surface area contributed by atoms with E-state index >= 15 is 0 Å². The van der Waals surface area contributed by atoms with Crippen molar-refractivity contribution in [3.05, 3.63) is 29.6 Å². The van der Waals surface area contributed by atoms with Crippen LogP contribution in [-0.2, 0) is 14.4 Å². The number of imide groups is 1. The minimum Gasteiger partial charge on any atom is -0.326 e. The molecule has 0 unspecified atom stereocenters. The van der Waals surface area contributed by atoms with Gasteiger partial charge in [-0.3, -0.25) is 19.3 Å². The summed E-state index contributed by atoms with van der Waals surface area (Å²) >= 11 is 0. The molecule has 0 spiro atoms. The predicted molar refractivity (Wildman–Crippen MR) is 86.6 cm³/mol. The van der Waals surface area contributed by atoms with Crippen molar-refractivity contribution in [1.82, 2.24) is 4.90 Å². The number of fused-ring (bicyclic) bond motifs is 1. The first-order valence-electron chi connectivity index (χ1n) is 8.38. The molecule has 0 radical (unpaired) electrons. The first-order chi connectivity index (χ1) is 11.5. The highest BCUT2D eigenvalue weighted by Gasteiger charge is 2.47. The third-order valence-corrected chi connectivity index (χ3v) is 4.97. The maximum Gasteiger partial charge on any atom is 0.233 e. The molecule has 1 saturated carbocycles. The van der Waals surface area contributed by atoms with Gasteiger partial charge in [-0.25, -0.2) is 4.39 Å². The third kappa shape index (κ3) is 3.18. The Morgan fingerprint density at radius 1 is 1.21 bits per heavy atom. The molecule has 1 aromatic rings. The van der Waals surface area contributed by atoms with E-state index in [9.17, 15) is 18.8 Å². The van der Waals surface area contributed by atoms with E-state index < -0.39 is 5.82 Å². The summed E-state index contributed by atoms with van der Waals surface area (Å²) in [6, 6.07) is 4.17. The Morgan fingerprint density at radius 2 is 1.83 bits per heavy atom. The average molecular weight is 332 g/mol. The topological polar surface area (TPSA) is 66.5 Å². The van der Waals surface area contributed by atoms with Crippen LogP contribution in [0.4, 0.5) is 10.1 Å². The highest BCUT2D eigenvalue weighted by atomic mass is 19.1. The molecule has 5 nitrogen and oxygen atoms in total. The number of anilines is 1. The van der Waals surface area contributed by atoms with Crippen molar-refractivity contribution in [2.75, 3.05) is 11.9 Å². The summed E-state index contributed by atoms with van der Waals surface area (Å²) in [7, 11) is 0. The van der Waals surface area contributed by atoms with Gasteiger partial charge in [0.15, 0.2) is 0 Å². The highest BCUT2D eigenvalue weighted by Crippen LogP contribution is 2.37. The van der Waals surface area contributed by atoms with Crippen molar-refractivity contribution in [2.24, 2.45) is 11.8 Å². The number of carbonyl (C=O) groups excluding carboxylic acids is 3. The lowest BCUT2D eigenvalue weighted by Gasteiger charge is -2.19. The van der Waals surface area contributed by atoms with E-state index in [2.05, 4.69) is 5.32 Å². The lowest BCUT2D eigenvalue weighted by atomic mass is 9.81. The van der Waals surface area contributed by atoms with Crippen molar-refractivity contribution < 1.29 is 18.8 Å². The first-order valence-corrected chi connectivity index (χ1v) is 8.38. The van der Waals surface area contributed by atoms with Crippen LogP contribution in [0, 0.1) is 24.6 Å². The molecular weight excluding hydrogens is 311 g/mol. The molecule has 2 fully saturated rings. The van der Waals surface area contributed by atoms with Gasteiger partial charge in [-0.2, -0.15) is 0 Å². The number of nitrogens with one attached hydrogen (secondary N) is 1. The fourth-order valence-corrected chi connectivity index (χ4v) is 3.61. The number of nitrogens with zero attached hydrogens (tertiary/aromatic N) is 1. The van der Waals surface area contributed by atoms with E-state index in [1.54, 1.807) is 13.0 Å². The van der Waals surface area contributed by atoms with E-state index in [1.807, 2.05) is 0 Å². The van der Waals surface area contributed by atoms with Gasteiger partial charge in [-0.15, -0.1) is 0 Å². The van der Waals surface area contributed by atoms with Crippen LogP contribution in [0.15, 0.2) is 18.2 Å². The number of benzene rings is 1. The van der Waals surface area contributed by atoms with E-state index in [1.165, 1.54) is 17.0 Å². The number of carbonyl (C=O) groups is 3. The standard InChI is InChI=1S/C18H21FN2O3/c1-11-6-7-12(19)10-15(11)20-16(22)8-9-21-17(23)13-4-2-3-5-14(13)18(21)24/h6-7,10,13-14H,2-5,8-9H2,1H3,(H,20,22)/t13-,14-/m0/s1. The van der Waals surface area contributed by atoms with Crippen LogP contribution in [0.5, 0.6) is 0 Å². The molecular formula is C18H21FN2O3. The van der Waals surface area contributed by atoms with Gasteiger partial charge in [0, 0.05) is 18.7 Å². The molecule has 0 bridgehead atoms. The number of rotatable bonds is 4. The van der Waals surface area contributed by atoms with Crippen molar-refractivity contribution in [3.8, 4) is 0 Å². The van der Waals surface area contributed by atoms with Crippen LogP contribution in [0.2, 0.25) is 0 Å². The molecule has 6 heteroatoms. The Labute approximate surface area is 140 Å². The number of hydrogen-bond donors (Lipinski definition) is 1. The van der Waals surface area contributed by atoms with Crippen LogP contribution in [0.25, 0.3) is 0 Å². The monoisotopic (exact) mass is 332 g/mol. The van der Waals surface area contributed by atoms with Crippen molar-refractivity contribution in [3.63, 3.8) is 0 Å². The van der Waals surface area contributed by atoms with Gasteiger partial charge in [-0.1, -0.05) is 18.9 Å². The first kappa shape index (κ1) is 16.6. The van der Waals surface area contributed by atoms with E-state index in [-0.39, 0.29) is 42.5 Å². The number of halogens is 1. The number of amides is 3. The second kappa shape index (κ2) is 6.71. The molecule has 2 aliphatic rings. The zero-order valence-electron chi connectivity index (χ0n) is 13.7. The normalized spacial score (nSPS) is 23.3. The van der Waals surface area contributed by atoms with Gasteiger partial charge in [-0.05, 0) is 37.5 Å². The smallest absolute Gasteiger partial charge is 0.233 e. The third-order valence-electron chi connectivity index (χ3n) is 4.97. The van der Waals surface area contributed by atoms with Crippen LogP contribution in [-0.4, -0.2) is 29.2 Å². The van der Waals surface area contributed by atoms with Crippen molar-refractivity contribution in [2.45, 2.75) is 39.0 Å². The molecule has 2 atom stereocenters. The molecule has 24 heavy (non-hydrogen) atoms. The van der Waals surface area contributed by atoms with E-state index in [0.717, 1.165) is 31.2 Å². The SMILES string of the molecule is Cc1ccc(F)cc1NC(=O)CCN1C(=O)[C@H]2CCCC[C@@H]2C1=O.